The molecule has 2 amide bonds. The molecule has 1 aromatic heterocycles. The van der Waals surface area contributed by atoms with Gasteiger partial charge in [0.05, 0.1) is 18.8 Å². The van der Waals surface area contributed by atoms with Crippen LogP contribution in [0.5, 0.6) is 5.75 Å². The summed E-state index contributed by atoms with van der Waals surface area (Å²) in [6, 6.07) is 11.6. The molecule has 1 N–H and O–H groups in total. The summed E-state index contributed by atoms with van der Waals surface area (Å²) >= 11 is 0. The maximum absolute atomic E-state index is 13.8. The Hall–Kier alpha value is -3.41. The standard InChI is InChI=1S/C34H44N4O6S/c1-36(2)45(41,42)35-33(39)24-10-12-29-30(20-24)38-21-26(37(3)34(40)23-14-16-44-17-15-23)18-25-19-27(43-4)11-13-28(25)32(38)31(29)22-8-6-5-7-9-22/h10-13,19-20,22-23,26H,5-9,14-18,21H2,1-4H3,(H,35,39). The number of methoxy groups -OCH3 is 1. The highest BCUT2D eigenvalue weighted by molar-refractivity contribution is 7.87. The van der Waals surface area contributed by atoms with Crippen LogP contribution in [0.3, 0.4) is 0 Å². The van der Waals surface area contributed by atoms with Crippen LogP contribution in [0.2, 0.25) is 0 Å². The number of hydrogen-bond donors (Lipinski definition) is 1. The van der Waals surface area contributed by atoms with Gasteiger partial charge in [-0.05, 0) is 79.5 Å². The molecular weight excluding hydrogens is 592 g/mol. The fourth-order valence-electron chi connectivity index (χ4n) is 7.37. The van der Waals surface area contributed by atoms with Crippen molar-refractivity contribution in [2.24, 2.45) is 5.92 Å². The number of nitrogens with zero attached hydrogens (tertiary/aromatic N) is 3. The molecule has 1 aliphatic carbocycles. The molecule has 0 radical (unpaired) electrons. The molecular formula is C34H44N4O6S. The van der Waals surface area contributed by atoms with E-state index in [2.05, 4.69) is 21.4 Å². The van der Waals surface area contributed by atoms with Crippen molar-refractivity contribution in [3.63, 3.8) is 0 Å². The van der Waals surface area contributed by atoms with Gasteiger partial charge in [0.15, 0.2) is 0 Å². The topological polar surface area (TPSA) is 110 Å². The first kappa shape index (κ1) is 31.6. The Kier molecular flexibility index (Phi) is 8.96. The molecule has 3 aliphatic rings. The fourth-order valence-corrected chi connectivity index (χ4v) is 7.90. The Labute approximate surface area is 265 Å². The fraction of sp³-hybridized carbons (Fsp3) is 0.529. The Morgan fingerprint density at radius 3 is 2.40 bits per heavy atom. The molecule has 1 saturated heterocycles. The third kappa shape index (κ3) is 6.09. The van der Waals surface area contributed by atoms with Crippen LogP contribution < -0.4 is 9.46 Å². The lowest BCUT2D eigenvalue weighted by Gasteiger charge is -2.32. The number of nitrogens with one attached hydrogen (secondary N) is 1. The highest BCUT2D eigenvalue weighted by atomic mass is 32.2. The lowest BCUT2D eigenvalue weighted by Crippen LogP contribution is -2.44. The van der Waals surface area contributed by atoms with Crippen LogP contribution in [-0.2, 0) is 32.7 Å². The van der Waals surface area contributed by atoms with Crippen molar-refractivity contribution >= 4 is 32.9 Å². The van der Waals surface area contributed by atoms with Gasteiger partial charge in [-0.2, -0.15) is 12.7 Å². The third-order valence-electron chi connectivity index (χ3n) is 9.96. The lowest BCUT2D eigenvalue weighted by molar-refractivity contribution is -0.139. The molecule has 1 unspecified atom stereocenters. The normalized spacial score (nSPS) is 19.5. The van der Waals surface area contributed by atoms with Gasteiger partial charge >= 0.3 is 10.2 Å². The zero-order valence-corrected chi connectivity index (χ0v) is 27.5. The molecule has 10 nitrogen and oxygen atoms in total. The number of fused-ring (bicyclic) bond motifs is 5. The van der Waals surface area contributed by atoms with Gasteiger partial charge < -0.3 is 18.9 Å². The van der Waals surface area contributed by atoms with Crippen molar-refractivity contribution < 1.29 is 27.5 Å². The van der Waals surface area contributed by atoms with Crippen molar-refractivity contribution in [2.75, 3.05) is 41.5 Å². The van der Waals surface area contributed by atoms with Crippen LogP contribution in [0.1, 0.15) is 72.3 Å². The number of hydrogen-bond acceptors (Lipinski definition) is 6. The van der Waals surface area contributed by atoms with E-state index in [0.717, 1.165) is 63.5 Å². The molecule has 3 heterocycles. The number of rotatable bonds is 7. The van der Waals surface area contributed by atoms with Gasteiger partial charge in [-0.15, -0.1) is 0 Å². The summed E-state index contributed by atoms with van der Waals surface area (Å²) in [5.41, 5.74) is 5.79. The largest absolute Gasteiger partial charge is 0.497 e. The van der Waals surface area contributed by atoms with E-state index in [9.17, 15) is 18.0 Å². The number of carbonyl (C=O) groups excluding carboxylic acids is 2. The molecule has 0 bridgehead atoms. The lowest BCUT2D eigenvalue weighted by atomic mass is 9.81. The number of ether oxygens (including phenoxy) is 2. The van der Waals surface area contributed by atoms with Gasteiger partial charge in [0.2, 0.25) is 5.91 Å². The van der Waals surface area contributed by atoms with Crippen LogP contribution in [0.4, 0.5) is 0 Å². The second kappa shape index (κ2) is 12.8. The Balaban J connectivity index is 1.52. The number of amides is 2. The molecule has 3 aromatic rings. The summed E-state index contributed by atoms with van der Waals surface area (Å²) in [5.74, 6) is 0.524. The smallest absolute Gasteiger partial charge is 0.303 e. The SMILES string of the molecule is COc1ccc2c(c1)CC(N(C)C(=O)C1CCOCC1)Cn1c-2c(C2CCCCC2)c2ccc(C(=O)NS(=O)(=O)N(C)C)cc21. The second-order valence-electron chi connectivity index (χ2n) is 12.9. The minimum atomic E-state index is -3.96. The van der Waals surface area contributed by atoms with E-state index in [1.165, 1.54) is 38.9 Å². The average molecular weight is 637 g/mol. The zero-order chi connectivity index (χ0) is 31.9. The van der Waals surface area contributed by atoms with Crippen molar-refractivity contribution in [2.45, 2.75) is 69.9 Å². The highest BCUT2D eigenvalue weighted by Gasteiger charge is 2.35. The molecule has 1 saturated carbocycles. The monoisotopic (exact) mass is 636 g/mol. The van der Waals surface area contributed by atoms with Crippen LogP contribution in [0.25, 0.3) is 22.2 Å². The summed E-state index contributed by atoms with van der Waals surface area (Å²) in [5, 5.41) is 1.07. The Morgan fingerprint density at radius 1 is 0.978 bits per heavy atom. The van der Waals surface area contributed by atoms with Gasteiger partial charge in [0.25, 0.3) is 5.91 Å². The van der Waals surface area contributed by atoms with Crippen LogP contribution in [0, 0.1) is 5.92 Å². The predicted molar refractivity (Wildman–Crippen MR) is 174 cm³/mol. The number of benzene rings is 2. The molecule has 45 heavy (non-hydrogen) atoms. The summed E-state index contributed by atoms with van der Waals surface area (Å²) in [7, 11) is 2.38. The van der Waals surface area contributed by atoms with E-state index >= 15 is 0 Å². The molecule has 0 spiro atoms. The molecule has 6 rings (SSSR count). The predicted octanol–water partition coefficient (Wildman–Crippen LogP) is 4.71. The molecule has 2 aliphatic heterocycles. The van der Waals surface area contributed by atoms with E-state index in [4.69, 9.17) is 9.47 Å². The zero-order valence-electron chi connectivity index (χ0n) is 26.7. The van der Waals surface area contributed by atoms with Crippen molar-refractivity contribution in [1.82, 2.24) is 18.5 Å². The van der Waals surface area contributed by atoms with E-state index < -0.39 is 16.1 Å². The van der Waals surface area contributed by atoms with Crippen LogP contribution >= 0.6 is 0 Å². The molecule has 1 atom stereocenters. The van der Waals surface area contributed by atoms with E-state index in [-0.39, 0.29) is 23.4 Å². The van der Waals surface area contributed by atoms with Gasteiger partial charge in [-0.25, -0.2) is 4.72 Å². The Morgan fingerprint density at radius 2 is 1.71 bits per heavy atom. The minimum Gasteiger partial charge on any atom is -0.497 e. The van der Waals surface area contributed by atoms with Gasteiger partial charge in [0, 0.05) is 68.8 Å². The highest BCUT2D eigenvalue weighted by Crippen LogP contribution is 2.47. The first-order valence-corrected chi connectivity index (χ1v) is 17.5. The maximum atomic E-state index is 13.8. The summed E-state index contributed by atoms with van der Waals surface area (Å²) in [6.45, 7) is 1.74. The van der Waals surface area contributed by atoms with E-state index in [1.54, 1.807) is 13.2 Å². The quantitative estimate of drug-likeness (QED) is 0.402. The maximum Gasteiger partial charge on any atom is 0.303 e. The second-order valence-corrected chi connectivity index (χ2v) is 14.8. The van der Waals surface area contributed by atoms with Gasteiger partial charge in [-0.1, -0.05) is 25.3 Å². The van der Waals surface area contributed by atoms with Crippen molar-refractivity contribution in [1.29, 1.82) is 0 Å². The number of likely N-dealkylation sites (N-methyl/N-ethyl adjacent to an activating group) is 1. The summed E-state index contributed by atoms with van der Waals surface area (Å²) < 4.78 is 41.6. The Bertz CT molecular complexity index is 1700. The van der Waals surface area contributed by atoms with Crippen molar-refractivity contribution in [3.05, 3.63) is 53.1 Å². The molecule has 242 valence electrons. The first-order valence-electron chi connectivity index (χ1n) is 16.0. The van der Waals surface area contributed by atoms with Crippen molar-refractivity contribution in [3.8, 4) is 17.0 Å². The average Bonchev–Trinajstić information content (AvgIpc) is 3.26. The van der Waals surface area contributed by atoms with E-state index in [1.807, 2.05) is 30.1 Å². The van der Waals surface area contributed by atoms with E-state index in [0.29, 0.717) is 32.1 Å². The van der Waals surface area contributed by atoms with Crippen LogP contribution in [0.15, 0.2) is 36.4 Å². The van der Waals surface area contributed by atoms with Gasteiger partial charge in [0.1, 0.15) is 5.75 Å². The molecule has 2 aromatic carbocycles. The number of aromatic nitrogens is 1. The molecule has 11 heteroatoms. The number of carbonyl (C=O) groups is 2. The van der Waals surface area contributed by atoms with Gasteiger partial charge in [-0.3, -0.25) is 9.59 Å². The summed E-state index contributed by atoms with van der Waals surface area (Å²) in [4.78, 5) is 29.0. The van der Waals surface area contributed by atoms with Crippen LogP contribution in [-0.4, -0.2) is 81.5 Å². The first-order chi connectivity index (χ1) is 21.6. The minimum absolute atomic E-state index is 0.0654. The summed E-state index contributed by atoms with van der Waals surface area (Å²) in [6.07, 6.45) is 7.84. The third-order valence-corrected chi connectivity index (χ3v) is 11.4. The molecule has 2 fully saturated rings.